The van der Waals surface area contributed by atoms with Crippen LogP contribution in [0.4, 0.5) is 0 Å². The van der Waals surface area contributed by atoms with E-state index in [4.69, 9.17) is 9.47 Å². The lowest BCUT2D eigenvalue weighted by Gasteiger charge is -2.34. The fourth-order valence-electron chi connectivity index (χ4n) is 3.14. The first-order chi connectivity index (χ1) is 11.2. The largest absolute Gasteiger partial charge is 0.493 e. The fraction of sp³-hybridized carbons (Fsp3) is 0.611. The number of carbonyl (C=O) groups excluding carboxylic acids is 1. The Hall–Kier alpha value is -1.75. The van der Waals surface area contributed by atoms with Gasteiger partial charge in [0.2, 0.25) is 5.91 Å². The second-order valence-corrected chi connectivity index (χ2v) is 5.93. The van der Waals surface area contributed by atoms with Crippen LogP contribution in [0.2, 0.25) is 0 Å². The van der Waals surface area contributed by atoms with Gasteiger partial charge in [-0.3, -0.25) is 4.79 Å². The molecule has 1 saturated heterocycles. The molecule has 1 aromatic rings. The minimum absolute atomic E-state index is 0.200. The van der Waals surface area contributed by atoms with Gasteiger partial charge < -0.3 is 19.7 Å². The van der Waals surface area contributed by atoms with Gasteiger partial charge in [-0.1, -0.05) is 13.0 Å². The number of hydrogen-bond acceptors (Lipinski definition) is 4. The first-order valence-corrected chi connectivity index (χ1v) is 8.40. The number of piperidine rings is 1. The molecule has 1 aromatic carbocycles. The third-order valence-electron chi connectivity index (χ3n) is 4.34. The summed E-state index contributed by atoms with van der Waals surface area (Å²) < 4.78 is 10.6. The number of nitrogens with one attached hydrogen (secondary N) is 1. The SMILES string of the molecule is CCCN(C(=O)Cc1ccc(OC)c(OC)c1)C1CCNCC1. The van der Waals surface area contributed by atoms with Gasteiger partial charge in [-0.15, -0.1) is 0 Å². The highest BCUT2D eigenvalue weighted by molar-refractivity contribution is 5.79. The molecule has 0 unspecified atom stereocenters. The summed E-state index contributed by atoms with van der Waals surface area (Å²) in [5, 5.41) is 3.36. The first kappa shape index (κ1) is 17.6. The standard InChI is InChI=1S/C18H28N2O3/c1-4-11-20(15-7-9-19-10-8-15)18(21)13-14-5-6-16(22-2)17(12-14)23-3/h5-6,12,15,19H,4,7-11,13H2,1-3H3. The van der Waals surface area contributed by atoms with Crippen LogP contribution >= 0.6 is 0 Å². The number of amides is 1. The number of nitrogens with zero attached hydrogens (tertiary/aromatic N) is 1. The van der Waals surface area contributed by atoms with E-state index >= 15 is 0 Å². The van der Waals surface area contributed by atoms with Gasteiger partial charge in [0.15, 0.2) is 11.5 Å². The summed E-state index contributed by atoms with van der Waals surface area (Å²) in [6.45, 7) is 4.94. The van der Waals surface area contributed by atoms with Crippen molar-refractivity contribution in [3.8, 4) is 11.5 Å². The molecule has 1 aliphatic rings. The monoisotopic (exact) mass is 320 g/mol. The van der Waals surface area contributed by atoms with Crippen molar-refractivity contribution in [2.24, 2.45) is 0 Å². The van der Waals surface area contributed by atoms with Crippen molar-refractivity contribution in [1.29, 1.82) is 0 Å². The van der Waals surface area contributed by atoms with Gasteiger partial charge in [-0.05, 0) is 50.0 Å². The Morgan fingerprint density at radius 2 is 1.91 bits per heavy atom. The van der Waals surface area contributed by atoms with Crippen LogP contribution in [0.3, 0.4) is 0 Å². The molecule has 1 aliphatic heterocycles. The van der Waals surface area contributed by atoms with Crippen LogP contribution in [0, 0.1) is 0 Å². The maximum Gasteiger partial charge on any atom is 0.227 e. The minimum Gasteiger partial charge on any atom is -0.493 e. The molecule has 5 heteroatoms. The number of hydrogen-bond donors (Lipinski definition) is 1. The quantitative estimate of drug-likeness (QED) is 0.837. The number of methoxy groups -OCH3 is 2. The van der Waals surface area contributed by atoms with E-state index in [1.165, 1.54) is 0 Å². The molecule has 0 saturated carbocycles. The molecule has 0 aliphatic carbocycles. The van der Waals surface area contributed by atoms with Crippen molar-refractivity contribution in [3.63, 3.8) is 0 Å². The lowest BCUT2D eigenvalue weighted by atomic mass is 10.0. The van der Waals surface area contributed by atoms with Crippen LogP contribution in [-0.4, -0.2) is 50.7 Å². The molecule has 1 heterocycles. The molecule has 0 spiro atoms. The van der Waals surface area contributed by atoms with Crippen molar-refractivity contribution >= 4 is 5.91 Å². The summed E-state index contributed by atoms with van der Waals surface area (Å²) in [5.74, 6) is 1.56. The van der Waals surface area contributed by atoms with Crippen LogP contribution in [0.15, 0.2) is 18.2 Å². The van der Waals surface area contributed by atoms with Crippen LogP contribution < -0.4 is 14.8 Å². The molecular weight excluding hydrogens is 292 g/mol. The maximum absolute atomic E-state index is 12.8. The Morgan fingerprint density at radius 3 is 2.52 bits per heavy atom. The van der Waals surface area contributed by atoms with Crippen molar-refractivity contribution in [3.05, 3.63) is 23.8 Å². The zero-order chi connectivity index (χ0) is 16.7. The van der Waals surface area contributed by atoms with Gasteiger partial charge in [0.05, 0.1) is 20.6 Å². The highest BCUT2D eigenvalue weighted by Gasteiger charge is 2.24. The first-order valence-electron chi connectivity index (χ1n) is 8.40. The third-order valence-corrected chi connectivity index (χ3v) is 4.34. The predicted octanol–water partition coefficient (Wildman–Crippen LogP) is 2.24. The summed E-state index contributed by atoms with van der Waals surface area (Å²) in [5.41, 5.74) is 0.961. The number of carbonyl (C=O) groups is 1. The molecule has 1 N–H and O–H groups in total. The maximum atomic E-state index is 12.8. The van der Waals surface area contributed by atoms with E-state index in [0.29, 0.717) is 24.0 Å². The molecule has 0 bridgehead atoms. The van der Waals surface area contributed by atoms with Crippen molar-refractivity contribution in [1.82, 2.24) is 10.2 Å². The van der Waals surface area contributed by atoms with Crippen LogP contribution in [0.25, 0.3) is 0 Å². The third kappa shape index (κ3) is 4.61. The van der Waals surface area contributed by atoms with E-state index in [1.807, 2.05) is 18.2 Å². The average molecular weight is 320 g/mol. The molecule has 0 atom stereocenters. The van der Waals surface area contributed by atoms with Crippen LogP contribution in [0.1, 0.15) is 31.7 Å². The normalized spacial score (nSPS) is 15.3. The van der Waals surface area contributed by atoms with E-state index < -0.39 is 0 Å². The number of benzene rings is 1. The molecule has 1 amide bonds. The van der Waals surface area contributed by atoms with Crippen molar-refractivity contribution in [2.75, 3.05) is 33.9 Å². The highest BCUT2D eigenvalue weighted by atomic mass is 16.5. The minimum atomic E-state index is 0.200. The Morgan fingerprint density at radius 1 is 1.22 bits per heavy atom. The summed E-state index contributed by atoms with van der Waals surface area (Å²) in [6.07, 6.45) is 3.47. The lowest BCUT2D eigenvalue weighted by Crippen LogP contribution is -2.47. The topological polar surface area (TPSA) is 50.8 Å². The zero-order valence-electron chi connectivity index (χ0n) is 14.4. The van der Waals surface area contributed by atoms with Crippen molar-refractivity contribution < 1.29 is 14.3 Å². The van der Waals surface area contributed by atoms with Gasteiger partial charge in [-0.25, -0.2) is 0 Å². The highest BCUT2D eigenvalue weighted by Crippen LogP contribution is 2.28. The number of rotatable bonds is 7. The number of ether oxygens (including phenoxy) is 2. The Labute approximate surface area is 139 Å². The smallest absolute Gasteiger partial charge is 0.227 e. The van der Waals surface area contributed by atoms with E-state index in [0.717, 1.165) is 44.5 Å². The van der Waals surface area contributed by atoms with E-state index in [-0.39, 0.29) is 5.91 Å². The molecule has 0 radical (unpaired) electrons. The van der Waals surface area contributed by atoms with Gasteiger partial charge in [0.25, 0.3) is 0 Å². The Kier molecular flexibility index (Phi) is 6.71. The summed E-state index contributed by atoms with van der Waals surface area (Å²) in [4.78, 5) is 14.9. The molecule has 0 aromatic heterocycles. The van der Waals surface area contributed by atoms with Gasteiger partial charge >= 0.3 is 0 Å². The average Bonchev–Trinajstić information content (AvgIpc) is 2.60. The molecular formula is C18H28N2O3. The summed E-state index contributed by atoms with van der Waals surface area (Å²) in [6, 6.07) is 6.05. The van der Waals surface area contributed by atoms with Gasteiger partial charge in [0.1, 0.15) is 0 Å². The molecule has 23 heavy (non-hydrogen) atoms. The molecule has 1 fully saturated rings. The zero-order valence-corrected chi connectivity index (χ0v) is 14.4. The predicted molar refractivity (Wildman–Crippen MR) is 91.1 cm³/mol. The lowest BCUT2D eigenvalue weighted by molar-refractivity contribution is -0.133. The molecule has 128 valence electrons. The van der Waals surface area contributed by atoms with Gasteiger partial charge in [-0.2, -0.15) is 0 Å². The Bertz CT molecular complexity index is 513. The van der Waals surface area contributed by atoms with Crippen LogP contribution in [-0.2, 0) is 11.2 Å². The van der Waals surface area contributed by atoms with E-state index in [9.17, 15) is 4.79 Å². The molecule has 5 nitrogen and oxygen atoms in total. The summed E-state index contributed by atoms with van der Waals surface area (Å²) >= 11 is 0. The second-order valence-electron chi connectivity index (χ2n) is 5.93. The van der Waals surface area contributed by atoms with Crippen molar-refractivity contribution in [2.45, 2.75) is 38.6 Å². The fourth-order valence-corrected chi connectivity index (χ4v) is 3.14. The van der Waals surface area contributed by atoms with E-state index in [2.05, 4.69) is 17.1 Å². The van der Waals surface area contributed by atoms with Crippen LogP contribution in [0.5, 0.6) is 11.5 Å². The Balaban J connectivity index is 2.08. The van der Waals surface area contributed by atoms with Gasteiger partial charge in [0, 0.05) is 12.6 Å². The second kappa shape index (κ2) is 8.77. The van der Waals surface area contributed by atoms with E-state index in [1.54, 1.807) is 14.2 Å². The summed E-state index contributed by atoms with van der Waals surface area (Å²) in [7, 11) is 3.23. The molecule has 2 rings (SSSR count).